The van der Waals surface area contributed by atoms with Crippen molar-refractivity contribution in [2.24, 2.45) is 5.92 Å². The van der Waals surface area contributed by atoms with Gasteiger partial charge in [0.2, 0.25) is 0 Å². The molecule has 0 saturated heterocycles. The second kappa shape index (κ2) is 11.3. The van der Waals surface area contributed by atoms with E-state index in [4.69, 9.17) is 9.47 Å². The molecular weight excluding hydrogens is 338 g/mol. The van der Waals surface area contributed by atoms with Crippen LogP contribution in [0.2, 0.25) is 0 Å². The van der Waals surface area contributed by atoms with E-state index in [1.807, 2.05) is 36.4 Å². The first-order valence-corrected chi connectivity index (χ1v) is 9.85. The molecule has 0 fully saturated rings. The van der Waals surface area contributed by atoms with E-state index in [0.717, 1.165) is 30.2 Å². The molecule has 4 heteroatoms. The number of anilines is 1. The summed E-state index contributed by atoms with van der Waals surface area (Å²) in [6.45, 7) is 7.81. The molecule has 0 spiro atoms. The highest BCUT2D eigenvalue weighted by atomic mass is 16.5. The van der Waals surface area contributed by atoms with Crippen LogP contribution < -0.4 is 14.8 Å². The van der Waals surface area contributed by atoms with E-state index in [9.17, 15) is 4.79 Å². The second-order valence-electron chi connectivity index (χ2n) is 7.12. The first kappa shape index (κ1) is 20.8. The zero-order valence-corrected chi connectivity index (χ0v) is 16.7. The van der Waals surface area contributed by atoms with Crippen molar-refractivity contribution in [3.8, 4) is 11.5 Å². The fraction of sp³-hybridized carbons (Fsp3) is 0.435. The minimum atomic E-state index is -0.139. The average Bonchev–Trinajstić information content (AvgIpc) is 2.67. The molecule has 0 aliphatic heterocycles. The fourth-order valence-corrected chi connectivity index (χ4v) is 2.52. The van der Waals surface area contributed by atoms with Crippen LogP contribution >= 0.6 is 0 Å². The summed E-state index contributed by atoms with van der Waals surface area (Å²) in [5.41, 5.74) is 1.35. The second-order valence-corrected chi connectivity index (χ2v) is 7.12. The number of carbonyl (C=O) groups excluding carboxylic acids is 1. The summed E-state index contributed by atoms with van der Waals surface area (Å²) < 4.78 is 11.4. The minimum absolute atomic E-state index is 0.139. The van der Waals surface area contributed by atoms with Crippen LogP contribution in [0.1, 0.15) is 56.8 Å². The molecule has 146 valence electrons. The number of unbranched alkanes of at least 4 members (excludes halogenated alkanes) is 3. The lowest BCUT2D eigenvalue weighted by Gasteiger charge is -2.10. The number of amides is 1. The molecule has 0 unspecified atom stereocenters. The number of ether oxygens (including phenoxy) is 2. The summed E-state index contributed by atoms with van der Waals surface area (Å²) >= 11 is 0. The lowest BCUT2D eigenvalue weighted by Crippen LogP contribution is -2.11. The molecule has 0 saturated carbocycles. The largest absolute Gasteiger partial charge is 0.494 e. The number of rotatable bonds is 11. The molecule has 0 aliphatic carbocycles. The van der Waals surface area contributed by atoms with E-state index in [1.54, 1.807) is 12.1 Å². The van der Waals surface area contributed by atoms with E-state index in [0.29, 0.717) is 18.1 Å². The molecule has 0 aromatic heterocycles. The number of nitrogens with one attached hydrogen (secondary N) is 1. The Hall–Kier alpha value is -2.49. The standard InChI is InChI=1S/C23H31NO3/c1-4-5-6-7-16-26-21-12-8-19(9-13-21)23(25)24-20-10-14-22(15-11-20)27-17-18(2)3/h8-15,18H,4-7,16-17H2,1-3H3,(H,24,25). The van der Waals surface area contributed by atoms with Gasteiger partial charge in [0.05, 0.1) is 13.2 Å². The van der Waals surface area contributed by atoms with Crippen molar-refractivity contribution >= 4 is 11.6 Å². The maximum absolute atomic E-state index is 12.4. The van der Waals surface area contributed by atoms with Crippen molar-refractivity contribution < 1.29 is 14.3 Å². The van der Waals surface area contributed by atoms with E-state index >= 15 is 0 Å². The van der Waals surface area contributed by atoms with Gasteiger partial charge in [0, 0.05) is 11.3 Å². The Balaban J connectivity index is 1.81. The van der Waals surface area contributed by atoms with Crippen LogP contribution in [-0.2, 0) is 0 Å². The Morgan fingerprint density at radius 2 is 1.52 bits per heavy atom. The van der Waals surface area contributed by atoms with Gasteiger partial charge in [-0.1, -0.05) is 40.0 Å². The maximum atomic E-state index is 12.4. The van der Waals surface area contributed by atoms with Gasteiger partial charge < -0.3 is 14.8 Å². The molecule has 2 rings (SSSR count). The Morgan fingerprint density at radius 3 is 2.15 bits per heavy atom. The Kier molecular flexibility index (Phi) is 8.69. The van der Waals surface area contributed by atoms with Gasteiger partial charge in [-0.3, -0.25) is 4.79 Å². The summed E-state index contributed by atoms with van der Waals surface area (Å²) in [7, 11) is 0. The van der Waals surface area contributed by atoms with Crippen LogP contribution in [0.15, 0.2) is 48.5 Å². The smallest absolute Gasteiger partial charge is 0.255 e. The van der Waals surface area contributed by atoms with Crippen molar-refractivity contribution in [3.05, 3.63) is 54.1 Å². The van der Waals surface area contributed by atoms with Crippen LogP contribution in [0.3, 0.4) is 0 Å². The van der Waals surface area contributed by atoms with E-state index < -0.39 is 0 Å². The van der Waals surface area contributed by atoms with Gasteiger partial charge in [0.15, 0.2) is 0 Å². The molecule has 1 amide bonds. The van der Waals surface area contributed by atoms with Crippen molar-refractivity contribution in [1.29, 1.82) is 0 Å². The van der Waals surface area contributed by atoms with Crippen molar-refractivity contribution in [2.45, 2.75) is 46.5 Å². The number of hydrogen-bond donors (Lipinski definition) is 1. The van der Waals surface area contributed by atoms with Crippen molar-refractivity contribution in [3.63, 3.8) is 0 Å². The third kappa shape index (κ3) is 7.73. The highest BCUT2D eigenvalue weighted by Crippen LogP contribution is 2.18. The molecule has 2 aromatic rings. The number of benzene rings is 2. The highest BCUT2D eigenvalue weighted by molar-refractivity contribution is 6.04. The predicted octanol–water partition coefficient (Wildman–Crippen LogP) is 5.93. The summed E-state index contributed by atoms with van der Waals surface area (Å²) in [4.78, 5) is 12.4. The molecule has 0 radical (unpaired) electrons. The van der Waals surface area contributed by atoms with Crippen LogP contribution in [0.4, 0.5) is 5.69 Å². The van der Waals surface area contributed by atoms with Gasteiger partial charge in [-0.15, -0.1) is 0 Å². The Morgan fingerprint density at radius 1 is 0.889 bits per heavy atom. The summed E-state index contributed by atoms with van der Waals surface area (Å²) in [6.07, 6.45) is 4.72. The van der Waals surface area contributed by atoms with Gasteiger partial charge in [-0.25, -0.2) is 0 Å². The number of carbonyl (C=O) groups is 1. The maximum Gasteiger partial charge on any atom is 0.255 e. The molecule has 4 nitrogen and oxygen atoms in total. The average molecular weight is 370 g/mol. The van der Waals surface area contributed by atoms with E-state index in [1.165, 1.54) is 19.3 Å². The predicted molar refractivity (Wildman–Crippen MR) is 111 cm³/mol. The lowest BCUT2D eigenvalue weighted by molar-refractivity contribution is 0.102. The summed E-state index contributed by atoms with van der Waals surface area (Å²) in [5.74, 6) is 1.95. The van der Waals surface area contributed by atoms with Crippen LogP contribution in [0.5, 0.6) is 11.5 Å². The van der Waals surface area contributed by atoms with Crippen LogP contribution in [-0.4, -0.2) is 19.1 Å². The molecular formula is C23H31NO3. The SMILES string of the molecule is CCCCCCOc1ccc(C(=O)Nc2ccc(OCC(C)C)cc2)cc1. The third-order valence-electron chi connectivity index (χ3n) is 4.08. The quantitative estimate of drug-likeness (QED) is 0.499. The Labute approximate surface area is 162 Å². The fourth-order valence-electron chi connectivity index (χ4n) is 2.52. The van der Waals surface area contributed by atoms with Gasteiger partial charge in [-0.05, 0) is 60.9 Å². The first-order chi connectivity index (χ1) is 13.1. The minimum Gasteiger partial charge on any atom is -0.494 e. The van der Waals surface area contributed by atoms with E-state index in [2.05, 4.69) is 26.1 Å². The zero-order valence-electron chi connectivity index (χ0n) is 16.7. The highest BCUT2D eigenvalue weighted by Gasteiger charge is 2.07. The molecule has 2 aromatic carbocycles. The van der Waals surface area contributed by atoms with Gasteiger partial charge in [-0.2, -0.15) is 0 Å². The van der Waals surface area contributed by atoms with Gasteiger partial charge in [0.25, 0.3) is 5.91 Å². The van der Waals surface area contributed by atoms with Gasteiger partial charge in [0.1, 0.15) is 11.5 Å². The molecule has 0 atom stereocenters. The molecule has 27 heavy (non-hydrogen) atoms. The molecule has 1 N–H and O–H groups in total. The third-order valence-corrected chi connectivity index (χ3v) is 4.08. The first-order valence-electron chi connectivity index (χ1n) is 9.85. The summed E-state index contributed by atoms with van der Waals surface area (Å²) in [5, 5.41) is 2.90. The van der Waals surface area contributed by atoms with E-state index in [-0.39, 0.29) is 5.91 Å². The monoisotopic (exact) mass is 369 g/mol. The summed E-state index contributed by atoms with van der Waals surface area (Å²) in [6, 6.07) is 14.7. The van der Waals surface area contributed by atoms with Crippen LogP contribution in [0, 0.1) is 5.92 Å². The van der Waals surface area contributed by atoms with Crippen molar-refractivity contribution in [2.75, 3.05) is 18.5 Å². The topological polar surface area (TPSA) is 47.6 Å². The Bertz CT molecular complexity index is 678. The van der Waals surface area contributed by atoms with Crippen molar-refractivity contribution in [1.82, 2.24) is 0 Å². The zero-order chi connectivity index (χ0) is 19.5. The molecule has 0 aliphatic rings. The normalized spacial score (nSPS) is 10.7. The lowest BCUT2D eigenvalue weighted by atomic mass is 10.2. The molecule has 0 heterocycles. The molecule has 0 bridgehead atoms. The van der Waals surface area contributed by atoms with Crippen LogP contribution in [0.25, 0.3) is 0 Å². The van der Waals surface area contributed by atoms with Gasteiger partial charge >= 0.3 is 0 Å². The number of hydrogen-bond acceptors (Lipinski definition) is 3.